The van der Waals surface area contributed by atoms with Crippen molar-refractivity contribution in [3.8, 4) is 5.75 Å². The third-order valence-corrected chi connectivity index (χ3v) is 4.69. The fraction of sp³-hybridized carbons (Fsp3) is 0.542. The number of carbonyl (C=O) groups excluding carboxylic acids is 1. The standard InChI is InChI=1S/C11H7ClF2N2OS.C9H18O.C4H10/c12-7-2-5-1-6(10(15)18)4-16-8(5)3-9(7)17-11(13)14;1-4-8(2)6-5-7-9(3)10;1-4(2)3/h1-4,11H,(H2,15,18);8H,4-7H2,1-3H3;4H,1-3H3. The number of alkyl halides is 2. The first kappa shape index (κ1) is 30.1. The van der Waals surface area contributed by atoms with Gasteiger partial charge in [0.15, 0.2) is 0 Å². The summed E-state index contributed by atoms with van der Waals surface area (Å²) in [6.45, 7) is 9.66. The third kappa shape index (κ3) is 13.5. The Morgan fingerprint density at radius 3 is 2.28 bits per heavy atom. The van der Waals surface area contributed by atoms with Gasteiger partial charge in [0.05, 0.1) is 10.5 Å². The molecule has 180 valence electrons. The summed E-state index contributed by atoms with van der Waals surface area (Å²) in [5.41, 5.74) is 6.52. The minimum Gasteiger partial charge on any atom is -0.433 e. The van der Waals surface area contributed by atoms with E-state index in [1.165, 1.54) is 31.2 Å². The highest BCUT2D eigenvalue weighted by Gasteiger charge is 2.11. The average Bonchev–Trinajstić information content (AvgIpc) is 2.67. The second-order valence-electron chi connectivity index (χ2n) is 8.28. The van der Waals surface area contributed by atoms with Gasteiger partial charge in [-0.1, -0.05) is 71.3 Å². The van der Waals surface area contributed by atoms with Gasteiger partial charge in [-0.25, -0.2) is 0 Å². The van der Waals surface area contributed by atoms with Gasteiger partial charge in [-0.3, -0.25) is 4.98 Å². The zero-order valence-corrected chi connectivity index (χ0v) is 21.3. The number of Topliss-reactive ketones (excluding diaryl/α,β-unsaturated/α-hetero) is 1. The molecule has 8 heteroatoms. The molecule has 2 aromatic rings. The quantitative estimate of drug-likeness (QED) is 0.388. The largest absolute Gasteiger partial charge is 0.433 e. The molecule has 0 saturated heterocycles. The number of thiocarbonyl (C=S) groups is 1. The van der Waals surface area contributed by atoms with Crippen molar-refractivity contribution in [1.82, 2.24) is 4.98 Å². The highest BCUT2D eigenvalue weighted by atomic mass is 35.5. The van der Waals surface area contributed by atoms with Gasteiger partial charge >= 0.3 is 6.61 Å². The van der Waals surface area contributed by atoms with Gasteiger partial charge < -0.3 is 15.3 Å². The Morgan fingerprint density at radius 2 is 1.81 bits per heavy atom. The Labute approximate surface area is 200 Å². The average molecular weight is 489 g/mol. The molecule has 32 heavy (non-hydrogen) atoms. The first-order valence-electron chi connectivity index (χ1n) is 10.7. The Bertz CT molecular complexity index is 860. The zero-order chi connectivity index (χ0) is 24.8. The maximum absolute atomic E-state index is 12.1. The summed E-state index contributed by atoms with van der Waals surface area (Å²) in [5.74, 6) is 1.83. The number of carbonyl (C=O) groups is 1. The van der Waals surface area contributed by atoms with Crippen LogP contribution in [0.2, 0.25) is 5.02 Å². The van der Waals surface area contributed by atoms with Crippen molar-refractivity contribution in [3.05, 3.63) is 35.0 Å². The first-order chi connectivity index (χ1) is 14.9. The molecule has 0 saturated carbocycles. The number of halogens is 3. The molecule has 1 aromatic heterocycles. The molecule has 0 fully saturated rings. The van der Waals surface area contributed by atoms with E-state index in [0.29, 0.717) is 22.2 Å². The SMILES string of the molecule is CC(C)C.CCC(C)CCCC(C)=O.NC(=S)c1cnc2cc(OC(F)F)c(Cl)cc2c1. The second-order valence-corrected chi connectivity index (χ2v) is 9.13. The zero-order valence-electron chi connectivity index (χ0n) is 19.8. The molecule has 0 bridgehead atoms. The highest BCUT2D eigenvalue weighted by Crippen LogP contribution is 2.30. The van der Waals surface area contributed by atoms with Crippen molar-refractivity contribution in [3.63, 3.8) is 0 Å². The van der Waals surface area contributed by atoms with Crippen LogP contribution >= 0.6 is 23.8 Å². The number of hydrogen-bond donors (Lipinski definition) is 1. The van der Waals surface area contributed by atoms with E-state index in [-0.39, 0.29) is 15.8 Å². The lowest BCUT2D eigenvalue weighted by atomic mass is 10.0. The molecule has 1 heterocycles. The van der Waals surface area contributed by atoms with E-state index in [0.717, 1.165) is 24.7 Å². The molecule has 0 aliphatic carbocycles. The van der Waals surface area contributed by atoms with E-state index in [4.69, 9.17) is 29.6 Å². The molecule has 0 aliphatic rings. The number of aromatic nitrogens is 1. The number of rotatable bonds is 8. The van der Waals surface area contributed by atoms with Crippen molar-refractivity contribution in [2.45, 2.75) is 73.8 Å². The molecule has 0 amide bonds. The molecular formula is C24H35ClF2N2O2S. The van der Waals surface area contributed by atoms with E-state index in [1.807, 2.05) is 0 Å². The van der Waals surface area contributed by atoms with Gasteiger partial charge in [0.2, 0.25) is 0 Å². The summed E-state index contributed by atoms with van der Waals surface area (Å²) in [6, 6.07) is 4.50. The number of hydrogen-bond acceptors (Lipinski definition) is 4. The predicted molar refractivity (Wildman–Crippen MR) is 134 cm³/mol. The number of ether oxygens (including phenoxy) is 1. The summed E-state index contributed by atoms with van der Waals surface area (Å²) >= 11 is 10.7. The topological polar surface area (TPSA) is 65.2 Å². The Kier molecular flexibility index (Phi) is 14.9. The normalized spacial score (nSPS) is 11.3. The van der Waals surface area contributed by atoms with Crippen LogP contribution in [-0.4, -0.2) is 22.4 Å². The maximum atomic E-state index is 12.1. The lowest BCUT2D eigenvalue weighted by molar-refractivity contribution is -0.117. The van der Waals surface area contributed by atoms with E-state index >= 15 is 0 Å². The summed E-state index contributed by atoms with van der Waals surface area (Å²) in [5, 5.41) is 0.719. The lowest BCUT2D eigenvalue weighted by Crippen LogP contribution is -2.09. The minimum atomic E-state index is -2.93. The Morgan fingerprint density at radius 1 is 1.22 bits per heavy atom. The van der Waals surface area contributed by atoms with Crippen molar-refractivity contribution >= 4 is 45.5 Å². The molecule has 2 N–H and O–H groups in total. The van der Waals surface area contributed by atoms with Crippen molar-refractivity contribution in [1.29, 1.82) is 0 Å². The summed E-state index contributed by atoms with van der Waals surface area (Å²) in [4.78, 5) is 14.8. The van der Waals surface area contributed by atoms with Crippen LogP contribution in [0.1, 0.15) is 72.8 Å². The van der Waals surface area contributed by atoms with Gasteiger partial charge in [0, 0.05) is 29.6 Å². The molecule has 1 unspecified atom stereocenters. The van der Waals surface area contributed by atoms with E-state index in [2.05, 4.69) is 44.3 Å². The van der Waals surface area contributed by atoms with Gasteiger partial charge in [0.25, 0.3) is 0 Å². The number of pyridine rings is 1. The third-order valence-electron chi connectivity index (χ3n) is 4.16. The fourth-order valence-corrected chi connectivity index (χ4v) is 2.68. The van der Waals surface area contributed by atoms with Crippen LogP contribution in [0.4, 0.5) is 8.78 Å². The molecule has 0 radical (unpaired) electrons. The Hall–Kier alpha value is -1.86. The molecule has 2 rings (SSSR count). The maximum Gasteiger partial charge on any atom is 0.387 e. The Balaban J connectivity index is 0.000000581. The van der Waals surface area contributed by atoms with Crippen LogP contribution in [-0.2, 0) is 4.79 Å². The second kappa shape index (κ2) is 15.9. The first-order valence-corrected chi connectivity index (χ1v) is 11.5. The molecule has 1 atom stereocenters. The van der Waals surface area contributed by atoms with E-state index < -0.39 is 6.61 Å². The van der Waals surface area contributed by atoms with Gasteiger partial charge in [-0.2, -0.15) is 8.78 Å². The van der Waals surface area contributed by atoms with Crippen molar-refractivity contribution in [2.75, 3.05) is 0 Å². The smallest absolute Gasteiger partial charge is 0.387 e. The van der Waals surface area contributed by atoms with Crippen LogP contribution in [0, 0.1) is 11.8 Å². The van der Waals surface area contributed by atoms with E-state index in [9.17, 15) is 13.6 Å². The number of ketones is 1. The molecule has 1 aromatic carbocycles. The van der Waals surface area contributed by atoms with Crippen LogP contribution in [0.5, 0.6) is 5.75 Å². The predicted octanol–water partition coefficient (Wildman–Crippen LogP) is 7.58. The fourth-order valence-electron chi connectivity index (χ4n) is 2.35. The van der Waals surface area contributed by atoms with Crippen LogP contribution < -0.4 is 10.5 Å². The van der Waals surface area contributed by atoms with Crippen LogP contribution in [0.15, 0.2) is 24.4 Å². The van der Waals surface area contributed by atoms with Gasteiger partial charge in [-0.05, 0) is 37.3 Å². The minimum absolute atomic E-state index is 0.0738. The molecule has 0 aliphatic heterocycles. The van der Waals surface area contributed by atoms with Gasteiger partial charge in [-0.15, -0.1) is 0 Å². The number of benzene rings is 1. The monoisotopic (exact) mass is 488 g/mol. The van der Waals surface area contributed by atoms with Crippen LogP contribution in [0.25, 0.3) is 10.9 Å². The number of nitrogens with two attached hydrogens (primary N) is 1. The molecule has 0 spiro atoms. The molecule has 4 nitrogen and oxygen atoms in total. The van der Waals surface area contributed by atoms with Crippen molar-refractivity contribution < 1.29 is 18.3 Å². The van der Waals surface area contributed by atoms with Crippen molar-refractivity contribution in [2.24, 2.45) is 17.6 Å². The number of nitrogens with zero attached hydrogens (tertiary/aromatic N) is 1. The van der Waals surface area contributed by atoms with E-state index in [1.54, 1.807) is 13.0 Å². The summed E-state index contributed by atoms with van der Waals surface area (Å²) in [7, 11) is 0. The van der Waals surface area contributed by atoms with Gasteiger partial charge in [0.1, 0.15) is 16.5 Å². The summed E-state index contributed by atoms with van der Waals surface area (Å²) < 4.78 is 28.5. The lowest BCUT2D eigenvalue weighted by Gasteiger charge is -2.08. The van der Waals surface area contributed by atoms with Crippen LogP contribution in [0.3, 0.4) is 0 Å². The number of fused-ring (bicyclic) bond motifs is 1. The molecular weight excluding hydrogens is 454 g/mol. The highest BCUT2D eigenvalue weighted by molar-refractivity contribution is 7.80. The summed E-state index contributed by atoms with van der Waals surface area (Å²) in [6.07, 6.45) is 5.74.